The highest BCUT2D eigenvalue weighted by Gasteiger charge is 2.31. The predicted octanol–water partition coefficient (Wildman–Crippen LogP) is 6.03. The number of benzene rings is 2. The second kappa shape index (κ2) is 8.19. The third kappa shape index (κ3) is 3.85. The summed E-state index contributed by atoms with van der Waals surface area (Å²) in [6, 6.07) is 13.4. The summed E-state index contributed by atoms with van der Waals surface area (Å²) < 4.78 is 16.8. The number of methoxy groups -OCH3 is 1. The molecule has 0 amide bonds. The van der Waals surface area contributed by atoms with Crippen LogP contribution in [0.25, 0.3) is 39.1 Å². The molecule has 2 aromatic heterocycles. The Morgan fingerprint density at radius 3 is 2.61 bits per heavy atom. The highest BCUT2D eigenvalue weighted by molar-refractivity contribution is 5.93. The number of allylic oxidation sites excluding steroid dienone is 1. The van der Waals surface area contributed by atoms with Gasteiger partial charge in [-0.25, -0.2) is 9.78 Å². The van der Waals surface area contributed by atoms with Gasteiger partial charge < -0.3 is 18.5 Å². The molecule has 0 saturated carbocycles. The molecule has 0 unspecified atom stereocenters. The monoisotopic (exact) mass is 444 g/mol. The van der Waals surface area contributed by atoms with Crippen molar-refractivity contribution in [1.29, 1.82) is 0 Å². The van der Waals surface area contributed by atoms with Crippen LogP contribution in [0.4, 0.5) is 5.69 Å². The van der Waals surface area contributed by atoms with Gasteiger partial charge >= 0.3 is 5.63 Å². The Hall–Kier alpha value is -3.38. The van der Waals surface area contributed by atoms with Crippen LogP contribution in [-0.4, -0.2) is 30.8 Å². The molecule has 5 rings (SSSR count). The highest BCUT2D eigenvalue weighted by Crippen LogP contribution is 2.41. The Balaban J connectivity index is 1.60. The predicted molar refractivity (Wildman–Crippen MR) is 132 cm³/mol. The number of rotatable bonds is 6. The molecular formula is C27H28N2O4. The molecule has 2 aromatic carbocycles. The summed E-state index contributed by atoms with van der Waals surface area (Å²) in [4.78, 5) is 19.8. The molecule has 33 heavy (non-hydrogen) atoms. The van der Waals surface area contributed by atoms with Crippen molar-refractivity contribution in [3.63, 3.8) is 0 Å². The zero-order valence-electron chi connectivity index (χ0n) is 19.5. The molecule has 0 aliphatic carbocycles. The van der Waals surface area contributed by atoms with E-state index in [0.29, 0.717) is 22.2 Å². The zero-order chi connectivity index (χ0) is 23.2. The van der Waals surface area contributed by atoms with Gasteiger partial charge in [-0.15, -0.1) is 0 Å². The lowest BCUT2D eigenvalue weighted by molar-refractivity contribution is 0.193. The fraction of sp³-hybridized carbons (Fsp3) is 0.333. The molecule has 0 saturated heterocycles. The number of ether oxygens (including phenoxy) is 1. The van der Waals surface area contributed by atoms with E-state index in [4.69, 9.17) is 13.6 Å². The first-order chi connectivity index (χ1) is 15.9. The van der Waals surface area contributed by atoms with Crippen molar-refractivity contribution in [2.75, 3.05) is 25.2 Å². The number of nitrogens with zero attached hydrogens (tertiary/aromatic N) is 2. The van der Waals surface area contributed by atoms with E-state index in [2.05, 4.69) is 42.8 Å². The van der Waals surface area contributed by atoms with Crippen molar-refractivity contribution >= 4 is 33.3 Å². The molecule has 3 heterocycles. The maximum Gasteiger partial charge on any atom is 0.349 e. The van der Waals surface area contributed by atoms with Gasteiger partial charge in [-0.3, -0.25) is 0 Å². The lowest BCUT2D eigenvalue weighted by Crippen LogP contribution is -2.45. The Labute approximate surface area is 192 Å². The molecule has 6 nitrogen and oxygen atoms in total. The number of fused-ring (bicyclic) bond motifs is 3. The van der Waals surface area contributed by atoms with Crippen molar-refractivity contribution in [2.45, 2.75) is 39.2 Å². The molecule has 0 bridgehead atoms. The molecule has 0 spiro atoms. The van der Waals surface area contributed by atoms with Crippen LogP contribution in [0.1, 0.15) is 39.2 Å². The maximum atomic E-state index is 12.9. The minimum atomic E-state index is -0.456. The van der Waals surface area contributed by atoms with Crippen molar-refractivity contribution in [1.82, 2.24) is 4.98 Å². The van der Waals surface area contributed by atoms with E-state index in [-0.39, 0.29) is 11.4 Å². The smallest absolute Gasteiger partial charge is 0.349 e. The summed E-state index contributed by atoms with van der Waals surface area (Å²) in [5, 5.41) is 0.845. The van der Waals surface area contributed by atoms with Gasteiger partial charge in [0.15, 0.2) is 5.58 Å². The summed E-state index contributed by atoms with van der Waals surface area (Å²) in [6.07, 6.45) is 4.32. The minimum Gasteiger partial charge on any atom is -0.436 e. The van der Waals surface area contributed by atoms with E-state index < -0.39 is 5.63 Å². The average molecular weight is 445 g/mol. The van der Waals surface area contributed by atoms with Gasteiger partial charge in [0, 0.05) is 43.0 Å². The summed E-state index contributed by atoms with van der Waals surface area (Å²) in [7, 11) is 1.73. The standard InChI is InChI=1S/C27H28N2O4/c1-17-16-27(2,3)29(11-7-8-12-31-4)22-15-24-18(13-19(17)22)14-20(26(30)33-24)25-28-21-9-5-6-10-23(21)32-25/h5-6,9-10,13-16H,7-8,11-12H2,1-4H3. The van der Waals surface area contributed by atoms with Gasteiger partial charge in [-0.2, -0.15) is 0 Å². The van der Waals surface area contributed by atoms with Crippen LogP contribution in [0.5, 0.6) is 0 Å². The number of unbranched alkanes of at least 4 members (excludes halogenated alkanes) is 1. The number of aromatic nitrogens is 1. The van der Waals surface area contributed by atoms with Crippen LogP contribution in [0.3, 0.4) is 0 Å². The summed E-state index contributed by atoms with van der Waals surface area (Å²) in [5.41, 5.74) is 5.08. The number of hydrogen-bond donors (Lipinski definition) is 0. The first kappa shape index (κ1) is 21.5. The molecule has 0 N–H and O–H groups in total. The van der Waals surface area contributed by atoms with Gasteiger partial charge in [0.05, 0.1) is 5.54 Å². The van der Waals surface area contributed by atoms with E-state index in [9.17, 15) is 4.79 Å². The molecule has 0 atom stereocenters. The van der Waals surface area contributed by atoms with Crippen molar-refractivity contribution in [2.24, 2.45) is 0 Å². The van der Waals surface area contributed by atoms with E-state index in [0.717, 1.165) is 42.6 Å². The Morgan fingerprint density at radius 2 is 1.82 bits per heavy atom. The zero-order valence-corrected chi connectivity index (χ0v) is 19.5. The fourth-order valence-corrected chi connectivity index (χ4v) is 4.75. The van der Waals surface area contributed by atoms with Crippen LogP contribution in [0.15, 0.2) is 62.2 Å². The Morgan fingerprint density at radius 1 is 1.03 bits per heavy atom. The van der Waals surface area contributed by atoms with Crippen molar-refractivity contribution < 1.29 is 13.6 Å². The van der Waals surface area contributed by atoms with Gasteiger partial charge in [0.25, 0.3) is 0 Å². The quantitative estimate of drug-likeness (QED) is 0.267. The van der Waals surface area contributed by atoms with E-state index in [1.165, 1.54) is 5.57 Å². The minimum absolute atomic E-state index is 0.143. The molecular weight excluding hydrogens is 416 g/mol. The largest absolute Gasteiger partial charge is 0.436 e. The molecule has 4 aromatic rings. The highest BCUT2D eigenvalue weighted by atomic mass is 16.5. The second-order valence-electron chi connectivity index (χ2n) is 9.17. The first-order valence-corrected chi connectivity index (χ1v) is 11.3. The van der Waals surface area contributed by atoms with Crippen molar-refractivity contribution in [3.8, 4) is 11.5 Å². The van der Waals surface area contributed by atoms with E-state index >= 15 is 0 Å². The second-order valence-corrected chi connectivity index (χ2v) is 9.17. The molecule has 170 valence electrons. The normalized spacial score (nSPS) is 15.2. The SMILES string of the molecule is COCCCCN1c2cc3oc(=O)c(-c4nc5ccccc5o4)cc3cc2C(C)=CC1(C)C. The lowest BCUT2D eigenvalue weighted by Gasteiger charge is -2.43. The third-order valence-electron chi connectivity index (χ3n) is 6.34. The number of para-hydroxylation sites is 2. The van der Waals surface area contributed by atoms with Crippen LogP contribution in [0.2, 0.25) is 0 Å². The number of hydrogen-bond acceptors (Lipinski definition) is 6. The van der Waals surface area contributed by atoms with Crippen molar-refractivity contribution in [3.05, 3.63) is 64.5 Å². The Bertz CT molecular complexity index is 1390. The fourth-order valence-electron chi connectivity index (χ4n) is 4.75. The average Bonchev–Trinajstić information content (AvgIpc) is 3.20. The van der Waals surface area contributed by atoms with Crippen LogP contribution in [0, 0.1) is 0 Å². The van der Waals surface area contributed by atoms with Gasteiger partial charge in [0.1, 0.15) is 16.7 Å². The molecule has 1 aliphatic heterocycles. The van der Waals surface area contributed by atoms with E-state index in [1.807, 2.05) is 36.4 Å². The molecule has 0 fully saturated rings. The number of anilines is 1. The Kier molecular flexibility index (Phi) is 5.33. The third-order valence-corrected chi connectivity index (χ3v) is 6.34. The van der Waals surface area contributed by atoms with Crippen LogP contribution in [-0.2, 0) is 4.74 Å². The lowest BCUT2D eigenvalue weighted by atomic mass is 9.88. The molecule has 6 heteroatoms. The first-order valence-electron chi connectivity index (χ1n) is 11.3. The van der Waals surface area contributed by atoms with Gasteiger partial charge in [-0.05, 0) is 63.5 Å². The molecule has 1 aliphatic rings. The van der Waals surface area contributed by atoms with Gasteiger partial charge in [-0.1, -0.05) is 18.2 Å². The molecule has 0 radical (unpaired) electrons. The summed E-state index contributed by atoms with van der Waals surface area (Å²) in [6.45, 7) is 8.21. The van der Waals surface area contributed by atoms with Crippen LogP contribution < -0.4 is 10.5 Å². The topological polar surface area (TPSA) is 68.7 Å². The van der Waals surface area contributed by atoms with Crippen LogP contribution >= 0.6 is 0 Å². The number of oxazole rings is 1. The summed E-state index contributed by atoms with van der Waals surface area (Å²) >= 11 is 0. The maximum absolute atomic E-state index is 12.9. The summed E-state index contributed by atoms with van der Waals surface area (Å²) in [5.74, 6) is 0.276. The van der Waals surface area contributed by atoms with E-state index in [1.54, 1.807) is 7.11 Å². The van der Waals surface area contributed by atoms with Gasteiger partial charge in [0.2, 0.25) is 5.89 Å².